The van der Waals surface area contributed by atoms with Crippen LogP contribution in [-0.4, -0.2) is 47.9 Å². The first kappa shape index (κ1) is 15.5. The van der Waals surface area contributed by atoms with Gasteiger partial charge in [-0.05, 0) is 37.0 Å². The number of hydrogen-bond acceptors (Lipinski definition) is 3. The summed E-state index contributed by atoms with van der Waals surface area (Å²) < 4.78 is 0. The minimum Gasteiger partial charge on any atom is -0.337 e. The zero-order valence-corrected chi connectivity index (χ0v) is 13.3. The van der Waals surface area contributed by atoms with Crippen LogP contribution >= 0.6 is 0 Å². The highest BCUT2D eigenvalue weighted by Gasteiger charge is 2.26. The van der Waals surface area contributed by atoms with E-state index in [9.17, 15) is 4.79 Å². The van der Waals surface area contributed by atoms with Crippen molar-refractivity contribution in [1.29, 1.82) is 0 Å². The summed E-state index contributed by atoms with van der Waals surface area (Å²) in [6.07, 6.45) is 6.51. The van der Waals surface area contributed by atoms with Crippen molar-refractivity contribution >= 4 is 5.91 Å². The third-order valence-corrected chi connectivity index (χ3v) is 5.10. The molecule has 1 aromatic carbocycles. The molecule has 0 aromatic heterocycles. The van der Waals surface area contributed by atoms with E-state index < -0.39 is 0 Å². The lowest BCUT2D eigenvalue weighted by Crippen LogP contribution is -2.38. The van der Waals surface area contributed by atoms with Gasteiger partial charge in [-0.25, -0.2) is 0 Å². The lowest BCUT2D eigenvalue weighted by molar-refractivity contribution is 0.0758. The van der Waals surface area contributed by atoms with Gasteiger partial charge in [0.25, 0.3) is 5.91 Å². The van der Waals surface area contributed by atoms with Crippen LogP contribution in [0.4, 0.5) is 0 Å². The predicted octanol–water partition coefficient (Wildman–Crippen LogP) is 2.24. The van der Waals surface area contributed by atoms with E-state index in [1.807, 2.05) is 29.2 Å². The molecule has 0 atom stereocenters. The van der Waals surface area contributed by atoms with Crippen LogP contribution in [0.15, 0.2) is 24.3 Å². The summed E-state index contributed by atoms with van der Waals surface area (Å²) >= 11 is 0. The standard InChI is InChI=1S/C18H27N3O/c19-14-15-6-8-16(9-7-15)18(22)21-11-3-10-20(12-13-21)17-4-1-2-5-17/h6-9,17H,1-5,10-14,19H2. The van der Waals surface area contributed by atoms with Crippen molar-refractivity contribution in [3.8, 4) is 0 Å². The molecule has 0 radical (unpaired) electrons. The Kier molecular flexibility index (Phi) is 5.11. The lowest BCUT2D eigenvalue weighted by atomic mass is 10.1. The smallest absolute Gasteiger partial charge is 0.253 e. The van der Waals surface area contributed by atoms with E-state index in [-0.39, 0.29) is 5.91 Å². The second-order valence-electron chi connectivity index (χ2n) is 6.52. The van der Waals surface area contributed by atoms with Gasteiger partial charge in [-0.1, -0.05) is 25.0 Å². The zero-order chi connectivity index (χ0) is 15.4. The van der Waals surface area contributed by atoms with Crippen LogP contribution in [0, 0.1) is 0 Å². The molecule has 1 saturated carbocycles. The van der Waals surface area contributed by atoms with Gasteiger partial charge in [0.2, 0.25) is 0 Å². The molecule has 0 spiro atoms. The number of rotatable bonds is 3. The Morgan fingerprint density at radius 1 is 1.00 bits per heavy atom. The second kappa shape index (κ2) is 7.25. The van der Waals surface area contributed by atoms with Crippen LogP contribution < -0.4 is 5.73 Å². The number of hydrogen-bond donors (Lipinski definition) is 1. The molecule has 120 valence electrons. The molecular weight excluding hydrogens is 274 g/mol. The fraction of sp³-hybridized carbons (Fsp3) is 0.611. The summed E-state index contributed by atoms with van der Waals surface area (Å²) in [7, 11) is 0. The summed E-state index contributed by atoms with van der Waals surface area (Å²) in [5.74, 6) is 0.164. The second-order valence-corrected chi connectivity index (χ2v) is 6.52. The molecule has 2 fully saturated rings. The summed E-state index contributed by atoms with van der Waals surface area (Å²) in [6, 6.07) is 8.49. The molecule has 4 heteroatoms. The molecule has 22 heavy (non-hydrogen) atoms. The molecule has 4 nitrogen and oxygen atoms in total. The molecular formula is C18H27N3O. The van der Waals surface area contributed by atoms with Crippen LogP contribution in [0.25, 0.3) is 0 Å². The summed E-state index contributed by atoms with van der Waals surface area (Å²) in [6.45, 7) is 4.42. The molecule has 2 N–H and O–H groups in total. The first-order valence-electron chi connectivity index (χ1n) is 8.60. The van der Waals surface area contributed by atoms with Crippen molar-refractivity contribution in [1.82, 2.24) is 9.80 Å². The van der Waals surface area contributed by atoms with E-state index >= 15 is 0 Å². The number of amides is 1. The maximum atomic E-state index is 12.7. The SMILES string of the molecule is NCc1ccc(C(=O)N2CCCN(C3CCCC3)CC2)cc1. The van der Waals surface area contributed by atoms with Crippen LogP contribution in [-0.2, 0) is 6.54 Å². The molecule has 2 aliphatic rings. The Labute approximate surface area is 133 Å². The first-order chi connectivity index (χ1) is 10.8. The maximum Gasteiger partial charge on any atom is 0.253 e. The molecule has 1 heterocycles. The highest BCUT2D eigenvalue weighted by atomic mass is 16.2. The van der Waals surface area contributed by atoms with Gasteiger partial charge in [0.15, 0.2) is 0 Å². The number of nitrogens with two attached hydrogens (primary N) is 1. The van der Waals surface area contributed by atoms with Crippen molar-refractivity contribution in [2.24, 2.45) is 5.73 Å². The molecule has 1 aliphatic carbocycles. The average molecular weight is 301 g/mol. The predicted molar refractivity (Wildman–Crippen MR) is 88.7 cm³/mol. The lowest BCUT2D eigenvalue weighted by Gasteiger charge is -2.27. The largest absolute Gasteiger partial charge is 0.337 e. The van der Waals surface area contributed by atoms with Gasteiger partial charge in [-0.15, -0.1) is 0 Å². The summed E-state index contributed by atoms with van der Waals surface area (Å²) in [5.41, 5.74) is 7.47. The Bertz CT molecular complexity index is 494. The van der Waals surface area contributed by atoms with Crippen molar-refractivity contribution in [2.75, 3.05) is 26.2 Å². The minimum absolute atomic E-state index is 0.164. The molecule has 1 amide bonds. The van der Waals surface area contributed by atoms with E-state index in [1.54, 1.807) is 0 Å². The quantitative estimate of drug-likeness (QED) is 0.931. The van der Waals surface area contributed by atoms with Crippen LogP contribution in [0.5, 0.6) is 0 Å². The number of carbonyl (C=O) groups is 1. The van der Waals surface area contributed by atoms with Gasteiger partial charge in [-0.3, -0.25) is 9.69 Å². The zero-order valence-electron chi connectivity index (χ0n) is 13.3. The number of nitrogens with zero attached hydrogens (tertiary/aromatic N) is 2. The fourth-order valence-corrected chi connectivity index (χ4v) is 3.74. The normalized spacial score (nSPS) is 21.0. The Morgan fingerprint density at radius 2 is 1.73 bits per heavy atom. The number of carbonyl (C=O) groups excluding carboxylic acids is 1. The average Bonchev–Trinajstić information content (AvgIpc) is 2.99. The topological polar surface area (TPSA) is 49.6 Å². The van der Waals surface area contributed by atoms with E-state index in [1.165, 1.54) is 25.7 Å². The number of benzene rings is 1. The minimum atomic E-state index is 0.164. The van der Waals surface area contributed by atoms with Gasteiger partial charge in [0, 0.05) is 44.3 Å². The third kappa shape index (κ3) is 3.50. The van der Waals surface area contributed by atoms with Crippen molar-refractivity contribution < 1.29 is 4.79 Å². The molecule has 1 saturated heterocycles. The van der Waals surface area contributed by atoms with E-state index in [2.05, 4.69) is 4.90 Å². The maximum absolute atomic E-state index is 12.7. The van der Waals surface area contributed by atoms with E-state index in [4.69, 9.17) is 5.73 Å². The van der Waals surface area contributed by atoms with Gasteiger partial charge < -0.3 is 10.6 Å². The van der Waals surface area contributed by atoms with Crippen molar-refractivity contribution in [2.45, 2.75) is 44.7 Å². The van der Waals surface area contributed by atoms with E-state index in [0.717, 1.165) is 49.8 Å². The van der Waals surface area contributed by atoms with Crippen molar-refractivity contribution in [3.05, 3.63) is 35.4 Å². The molecule has 0 unspecified atom stereocenters. The Hall–Kier alpha value is -1.39. The summed E-state index contributed by atoms with van der Waals surface area (Å²) in [4.78, 5) is 17.3. The molecule has 0 bridgehead atoms. The molecule has 1 aliphatic heterocycles. The monoisotopic (exact) mass is 301 g/mol. The van der Waals surface area contributed by atoms with Gasteiger partial charge in [0.1, 0.15) is 0 Å². The Balaban J connectivity index is 1.60. The fourth-order valence-electron chi connectivity index (χ4n) is 3.74. The molecule has 1 aromatic rings. The third-order valence-electron chi connectivity index (χ3n) is 5.10. The van der Waals surface area contributed by atoms with Crippen LogP contribution in [0.3, 0.4) is 0 Å². The van der Waals surface area contributed by atoms with Crippen LogP contribution in [0.1, 0.15) is 48.0 Å². The van der Waals surface area contributed by atoms with Crippen molar-refractivity contribution in [3.63, 3.8) is 0 Å². The molecule has 3 rings (SSSR count). The van der Waals surface area contributed by atoms with Crippen LogP contribution in [0.2, 0.25) is 0 Å². The van der Waals surface area contributed by atoms with Gasteiger partial charge >= 0.3 is 0 Å². The summed E-state index contributed by atoms with van der Waals surface area (Å²) in [5, 5.41) is 0. The first-order valence-corrected chi connectivity index (χ1v) is 8.60. The Morgan fingerprint density at radius 3 is 2.41 bits per heavy atom. The highest BCUT2D eigenvalue weighted by Crippen LogP contribution is 2.24. The van der Waals surface area contributed by atoms with Gasteiger partial charge in [0.05, 0.1) is 0 Å². The highest BCUT2D eigenvalue weighted by molar-refractivity contribution is 5.94. The van der Waals surface area contributed by atoms with E-state index in [0.29, 0.717) is 6.54 Å². The van der Waals surface area contributed by atoms with Gasteiger partial charge in [-0.2, -0.15) is 0 Å².